The van der Waals surface area contributed by atoms with Gasteiger partial charge in [-0.25, -0.2) is 0 Å². The van der Waals surface area contributed by atoms with Gasteiger partial charge in [0, 0.05) is 45.1 Å². The van der Waals surface area contributed by atoms with E-state index in [1.165, 1.54) is 35.7 Å². The van der Waals surface area contributed by atoms with Gasteiger partial charge in [-0.05, 0) is 50.5 Å². The van der Waals surface area contributed by atoms with Crippen LogP contribution in [0.25, 0.3) is 10.4 Å². The molecule has 250 valence electrons. The predicted molar refractivity (Wildman–Crippen MR) is 160 cm³/mol. The highest BCUT2D eigenvalue weighted by molar-refractivity contribution is 5.96. The molecule has 45 heavy (non-hydrogen) atoms. The summed E-state index contributed by atoms with van der Waals surface area (Å²) in [5.41, 5.74) is 8.68. The lowest BCUT2D eigenvalue weighted by molar-refractivity contribution is -0.162. The van der Waals surface area contributed by atoms with Crippen LogP contribution in [0, 0.1) is 5.92 Å². The number of epoxide rings is 1. The van der Waals surface area contributed by atoms with Crippen LogP contribution < -0.4 is 10.6 Å². The third kappa shape index (κ3) is 9.79. The summed E-state index contributed by atoms with van der Waals surface area (Å²) < 4.78 is 10.8. The second kappa shape index (κ2) is 16.4. The van der Waals surface area contributed by atoms with Crippen LogP contribution in [0.3, 0.4) is 0 Å². The summed E-state index contributed by atoms with van der Waals surface area (Å²) in [5.74, 6) is -3.27. The summed E-state index contributed by atoms with van der Waals surface area (Å²) >= 11 is 0. The zero-order valence-corrected chi connectivity index (χ0v) is 26.8. The van der Waals surface area contributed by atoms with Crippen molar-refractivity contribution in [3.05, 3.63) is 10.4 Å². The average molecular weight is 635 g/mol. The number of azide groups is 1. The van der Waals surface area contributed by atoms with Gasteiger partial charge in [0.1, 0.15) is 24.2 Å². The SMILES string of the molecule is CC(C)C[C@@H]1NC(=O)[C@@H]2CCCN2C(=O)[C@@H](C[C@H]2CO2)OC(=O)CCNC(=O)[C@H](C)N(C)C(=O)C(CCCN=[N+]=[N-])N(C)C1=O. The topological polar surface area (TPSA) is 207 Å². The van der Waals surface area contributed by atoms with Gasteiger partial charge in [0.2, 0.25) is 23.6 Å². The van der Waals surface area contributed by atoms with E-state index in [1.807, 2.05) is 13.8 Å². The number of carbonyl (C=O) groups excluding carboxylic acids is 6. The molecule has 0 aromatic carbocycles. The molecule has 16 heteroatoms. The number of nitrogens with one attached hydrogen (secondary N) is 2. The van der Waals surface area contributed by atoms with Gasteiger partial charge < -0.3 is 34.8 Å². The molecule has 1 unspecified atom stereocenters. The van der Waals surface area contributed by atoms with Crippen molar-refractivity contribution in [3.8, 4) is 0 Å². The molecule has 3 heterocycles. The van der Waals surface area contributed by atoms with E-state index in [0.717, 1.165) is 0 Å². The number of esters is 1. The second-order valence-electron chi connectivity index (χ2n) is 12.3. The molecule has 0 aromatic rings. The molecule has 0 aromatic heterocycles. The fraction of sp³-hybridized carbons (Fsp3) is 0.793. The van der Waals surface area contributed by atoms with Crippen molar-refractivity contribution < 1.29 is 38.2 Å². The van der Waals surface area contributed by atoms with Gasteiger partial charge in [0.25, 0.3) is 5.91 Å². The van der Waals surface area contributed by atoms with E-state index in [1.54, 1.807) is 0 Å². The molecule has 3 rings (SSSR count). The smallest absolute Gasteiger partial charge is 0.308 e. The molecule has 0 radical (unpaired) electrons. The molecule has 3 aliphatic rings. The first-order chi connectivity index (χ1) is 21.3. The Hall–Kier alpha value is -3.91. The van der Waals surface area contributed by atoms with E-state index < -0.39 is 65.8 Å². The normalized spacial score (nSPS) is 29.2. The van der Waals surface area contributed by atoms with Crippen LogP contribution in [-0.4, -0.2) is 127 Å². The highest BCUT2D eigenvalue weighted by Crippen LogP contribution is 2.25. The molecule has 3 fully saturated rings. The van der Waals surface area contributed by atoms with Gasteiger partial charge in [-0.2, -0.15) is 0 Å². The molecule has 16 nitrogen and oxygen atoms in total. The standard InChI is InChI=1S/C29H46N8O8/c1-17(2)14-20-27(41)36(5)22(8-6-11-32-34-30)28(42)35(4)18(3)25(39)31-12-10-24(38)45-23(15-19-16-44-19)29(43)37-13-7-9-21(37)26(40)33-20/h17-23H,6-16H2,1-5H3,(H,31,39)(H,33,40)/t18-,19-,20-,21-,22?,23+/m0/s1. The van der Waals surface area contributed by atoms with Gasteiger partial charge in [0.15, 0.2) is 6.10 Å². The number of nitrogens with zero attached hydrogens (tertiary/aromatic N) is 6. The molecule has 0 saturated carbocycles. The van der Waals surface area contributed by atoms with Crippen LogP contribution in [0.1, 0.15) is 65.7 Å². The molecule has 3 saturated heterocycles. The number of cyclic esters (lactones) is 1. The van der Waals surface area contributed by atoms with Crippen LogP contribution >= 0.6 is 0 Å². The minimum absolute atomic E-state index is 0.0107. The van der Waals surface area contributed by atoms with Crippen molar-refractivity contribution in [1.29, 1.82) is 0 Å². The molecule has 2 N–H and O–H groups in total. The van der Waals surface area contributed by atoms with E-state index in [2.05, 4.69) is 20.7 Å². The lowest BCUT2D eigenvalue weighted by atomic mass is 10.00. The van der Waals surface area contributed by atoms with Crippen LogP contribution in [0.5, 0.6) is 0 Å². The summed E-state index contributed by atoms with van der Waals surface area (Å²) in [5, 5.41) is 8.99. The largest absolute Gasteiger partial charge is 0.452 e. The number of amides is 5. The Morgan fingerprint density at radius 2 is 1.76 bits per heavy atom. The molecule has 0 bridgehead atoms. The first-order valence-electron chi connectivity index (χ1n) is 15.6. The minimum atomic E-state index is -1.16. The van der Waals surface area contributed by atoms with Crippen molar-refractivity contribution in [2.24, 2.45) is 11.0 Å². The third-order valence-electron chi connectivity index (χ3n) is 8.42. The first-order valence-corrected chi connectivity index (χ1v) is 15.6. The summed E-state index contributed by atoms with van der Waals surface area (Å²) in [4.78, 5) is 87.4. The lowest BCUT2D eigenvalue weighted by Gasteiger charge is -2.35. The van der Waals surface area contributed by atoms with Crippen molar-refractivity contribution >= 4 is 35.5 Å². The molecule has 6 atom stereocenters. The Balaban J connectivity index is 1.96. The zero-order chi connectivity index (χ0) is 33.3. The van der Waals surface area contributed by atoms with E-state index in [-0.39, 0.29) is 57.3 Å². The lowest BCUT2D eigenvalue weighted by Crippen LogP contribution is -2.58. The monoisotopic (exact) mass is 634 g/mol. The van der Waals surface area contributed by atoms with E-state index in [4.69, 9.17) is 15.0 Å². The summed E-state index contributed by atoms with van der Waals surface area (Å²) in [6.07, 6.45) is 0.147. The number of hydrogen-bond donors (Lipinski definition) is 2. The van der Waals surface area contributed by atoms with Crippen molar-refractivity contribution in [3.63, 3.8) is 0 Å². The van der Waals surface area contributed by atoms with E-state index >= 15 is 0 Å². The Morgan fingerprint density at radius 1 is 1.04 bits per heavy atom. The van der Waals surface area contributed by atoms with Gasteiger partial charge in [0.05, 0.1) is 19.1 Å². The summed E-state index contributed by atoms with van der Waals surface area (Å²) in [6, 6.07) is -3.86. The fourth-order valence-electron chi connectivity index (χ4n) is 5.63. The third-order valence-corrected chi connectivity index (χ3v) is 8.42. The number of carbonyl (C=O) groups is 6. The quantitative estimate of drug-likeness (QED) is 0.0957. The first kappa shape index (κ1) is 35.6. The summed E-state index contributed by atoms with van der Waals surface area (Å²) in [7, 11) is 2.91. The summed E-state index contributed by atoms with van der Waals surface area (Å²) in [6.45, 7) is 6.04. The van der Waals surface area contributed by atoms with Gasteiger partial charge in [-0.1, -0.05) is 19.0 Å². The number of fused-ring (bicyclic) bond motifs is 1. The number of ether oxygens (including phenoxy) is 2. The average Bonchev–Trinajstić information content (AvgIpc) is 3.68. The molecule has 0 spiro atoms. The predicted octanol–water partition coefficient (Wildman–Crippen LogP) is 0.493. The molecular weight excluding hydrogens is 588 g/mol. The minimum Gasteiger partial charge on any atom is -0.452 e. The zero-order valence-electron chi connectivity index (χ0n) is 26.8. The van der Waals surface area contributed by atoms with E-state index in [0.29, 0.717) is 25.9 Å². The van der Waals surface area contributed by atoms with Crippen molar-refractivity contribution in [2.75, 3.05) is 40.3 Å². The van der Waals surface area contributed by atoms with Gasteiger partial charge in [-0.3, -0.25) is 28.8 Å². The van der Waals surface area contributed by atoms with E-state index in [9.17, 15) is 28.8 Å². The molecule has 3 aliphatic heterocycles. The maximum Gasteiger partial charge on any atom is 0.308 e. The Morgan fingerprint density at radius 3 is 2.40 bits per heavy atom. The van der Waals surface area contributed by atoms with Crippen LogP contribution in [-0.2, 0) is 38.2 Å². The van der Waals surface area contributed by atoms with Gasteiger partial charge >= 0.3 is 5.97 Å². The molecule has 5 amide bonds. The van der Waals surface area contributed by atoms with Crippen LogP contribution in [0.15, 0.2) is 5.11 Å². The highest BCUT2D eigenvalue weighted by Gasteiger charge is 2.43. The van der Waals surface area contributed by atoms with Crippen molar-refractivity contribution in [2.45, 2.75) is 102 Å². The Kier molecular flexibility index (Phi) is 13.0. The van der Waals surface area contributed by atoms with Gasteiger partial charge in [-0.15, -0.1) is 0 Å². The fourth-order valence-corrected chi connectivity index (χ4v) is 5.63. The van der Waals surface area contributed by atoms with Crippen LogP contribution in [0.4, 0.5) is 0 Å². The highest BCUT2D eigenvalue weighted by atomic mass is 16.6. The van der Waals surface area contributed by atoms with Crippen LogP contribution in [0.2, 0.25) is 0 Å². The molecule has 0 aliphatic carbocycles. The maximum atomic E-state index is 14.0. The Bertz CT molecular complexity index is 1170. The second-order valence-corrected chi connectivity index (χ2v) is 12.3. The maximum absolute atomic E-state index is 14.0. The number of likely N-dealkylation sites (N-methyl/N-ethyl adjacent to an activating group) is 2. The number of rotatable bonds is 8. The Labute approximate surface area is 263 Å². The van der Waals surface area contributed by atoms with Crippen molar-refractivity contribution in [1.82, 2.24) is 25.3 Å². The number of hydrogen-bond acceptors (Lipinski definition) is 9. The molecular formula is C29H46N8O8.